The third kappa shape index (κ3) is 4.60. The van der Waals surface area contributed by atoms with Gasteiger partial charge < -0.3 is 15.5 Å². The third-order valence-corrected chi connectivity index (χ3v) is 6.74. The molecule has 2 heterocycles. The van der Waals surface area contributed by atoms with Crippen molar-refractivity contribution in [1.82, 2.24) is 14.9 Å². The minimum absolute atomic E-state index is 0.285. The van der Waals surface area contributed by atoms with Crippen LogP contribution in [0.15, 0.2) is 84.0 Å². The van der Waals surface area contributed by atoms with E-state index in [-0.39, 0.29) is 11.7 Å². The predicted molar refractivity (Wildman–Crippen MR) is 130 cm³/mol. The number of methoxy groups -OCH3 is 1. The standard InChI is InChI=1S/C25H20FN5O3S/c1-34-24(33)17-9-7-15(8-10-17)20-21(23(32)27-19-13-11-18(26)12-14-19)35-25-29-28-22(31(25)30-20)16-5-3-2-4-6-16/h2-14,20-21,30H,1H3,(H,27,32)/t20-,21+/m0/s1. The van der Waals surface area contributed by atoms with Crippen LogP contribution in [0.2, 0.25) is 0 Å². The van der Waals surface area contributed by atoms with Crippen LogP contribution >= 0.6 is 11.8 Å². The highest BCUT2D eigenvalue weighted by Crippen LogP contribution is 2.39. The molecule has 0 bridgehead atoms. The molecular weight excluding hydrogens is 469 g/mol. The van der Waals surface area contributed by atoms with Gasteiger partial charge in [-0.05, 0) is 42.0 Å². The second kappa shape index (κ2) is 9.59. The SMILES string of the molecule is COC(=O)c1ccc([C@@H]2Nn3c(nnc3-c3ccccc3)S[C@H]2C(=O)Nc2ccc(F)cc2)cc1. The molecule has 0 fully saturated rings. The highest BCUT2D eigenvalue weighted by Gasteiger charge is 2.38. The second-order valence-electron chi connectivity index (χ2n) is 7.76. The van der Waals surface area contributed by atoms with E-state index >= 15 is 0 Å². The first-order valence-corrected chi connectivity index (χ1v) is 11.6. The highest BCUT2D eigenvalue weighted by atomic mass is 32.2. The maximum absolute atomic E-state index is 13.3. The third-order valence-electron chi connectivity index (χ3n) is 5.53. The number of carbonyl (C=O) groups excluding carboxylic acids is 2. The number of ether oxygens (including phenoxy) is 1. The number of hydrogen-bond donors (Lipinski definition) is 2. The fourth-order valence-electron chi connectivity index (χ4n) is 3.77. The summed E-state index contributed by atoms with van der Waals surface area (Å²) >= 11 is 1.27. The van der Waals surface area contributed by atoms with E-state index in [1.165, 1.54) is 43.1 Å². The van der Waals surface area contributed by atoms with Crippen molar-refractivity contribution in [3.05, 3.63) is 95.8 Å². The number of aromatic nitrogens is 3. The number of benzene rings is 3. The van der Waals surface area contributed by atoms with Gasteiger partial charge in [0.15, 0.2) is 5.82 Å². The van der Waals surface area contributed by atoms with E-state index < -0.39 is 17.3 Å². The van der Waals surface area contributed by atoms with Crippen LogP contribution in [-0.4, -0.2) is 39.1 Å². The van der Waals surface area contributed by atoms with Crippen LogP contribution in [0.5, 0.6) is 0 Å². The minimum atomic E-state index is -0.635. The van der Waals surface area contributed by atoms with Gasteiger partial charge in [0.1, 0.15) is 11.1 Å². The molecule has 35 heavy (non-hydrogen) atoms. The molecular formula is C25H20FN5O3S. The van der Waals surface area contributed by atoms with Crippen molar-refractivity contribution in [2.24, 2.45) is 0 Å². The highest BCUT2D eigenvalue weighted by molar-refractivity contribution is 8.00. The molecule has 0 unspecified atom stereocenters. The van der Waals surface area contributed by atoms with E-state index in [4.69, 9.17) is 4.74 Å². The summed E-state index contributed by atoms with van der Waals surface area (Å²) < 4.78 is 19.9. The van der Waals surface area contributed by atoms with Crippen LogP contribution in [-0.2, 0) is 9.53 Å². The molecule has 0 saturated carbocycles. The molecule has 1 aliphatic rings. The Morgan fingerprint density at radius 3 is 2.40 bits per heavy atom. The Bertz CT molecular complexity index is 1360. The number of carbonyl (C=O) groups is 2. The molecule has 8 nitrogen and oxygen atoms in total. The van der Waals surface area contributed by atoms with Gasteiger partial charge in [0.25, 0.3) is 0 Å². The van der Waals surface area contributed by atoms with Gasteiger partial charge in [0.05, 0.1) is 18.7 Å². The van der Waals surface area contributed by atoms with E-state index in [9.17, 15) is 14.0 Å². The van der Waals surface area contributed by atoms with Crippen LogP contribution in [0.4, 0.5) is 10.1 Å². The zero-order valence-corrected chi connectivity index (χ0v) is 19.3. The molecule has 2 N–H and O–H groups in total. The minimum Gasteiger partial charge on any atom is -0.465 e. The number of rotatable bonds is 5. The van der Waals surface area contributed by atoms with Crippen LogP contribution in [0.1, 0.15) is 22.0 Å². The van der Waals surface area contributed by atoms with E-state index in [0.717, 1.165) is 11.1 Å². The van der Waals surface area contributed by atoms with Gasteiger partial charge in [-0.25, -0.2) is 13.9 Å². The Morgan fingerprint density at radius 1 is 1.00 bits per heavy atom. The van der Waals surface area contributed by atoms with Crippen LogP contribution < -0.4 is 10.7 Å². The molecule has 3 aromatic carbocycles. The van der Waals surface area contributed by atoms with E-state index in [0.29, 0.717) is 22.2 Å². The first kappa shape index (κ1) is 22.6. The van der Waals surface area contributed by atoms with Gasteiger partial charge in [-0.15, -0.1) is 10.2 Å². The smallest absolute Gasteiger partial charge is 0.337 e. The summed E-state index contributed by atoms with van der Waals surface area (Å²) in [4.78, 5) is 25.2. The number of amides is 1. The fraction of sp³-hybridized carbons (Fsp3) is 0.120. The van der Waals surface area contributed by atoms with Crippen molar-refractivity contribution in [3.63, 3.8) is 0 Å². The second-order valence-corrected chi connectivity index (χ2v) is 8.87. The lowest BCUT2D eigenvalue weighted by Gasteiger charge is -2.33. The number of thioether (sulfide) groups is 1. The maximum atomic E-state index is 13.3. The zero-order chi connectivity index (χ0) is 24.4. The van der Waals surface area contributed by atoms with Crippen molar-refractivity contribution in [1.29, 1.82) is 0 Å². The number of hydrogen-bond acceptors (Lipinski definition) is 7. The number of anilines is 1. The Kier molecular flexibility index (Phi) is 6.19. The molecule has 2 atom stereocenters. The maximum Gasteiger partial charge on any atom is 0.337 e. The Hall–Kier alpha value is -4.18. The van der Waals surface area contributed by atoms with Crippen LogP contribution in [0, 0.1) is 5.82 Å². The molecule has 5 rings (SSSR count). The molecule has 10 heteroatoms. The summed E-state index contributed by atoms with van der Waals surface area (Å²) in [7, 11) is 1.32. The quantitative estimate of drug-likeness (QED) is 0.404. The lowest BCUT2D eigenvalue weighted by atomic mass is 10.0. The van der Waals surface area contributed by atoms with Crippen LogP contribution in [0.25, 0.3) is 11.4 Å². The Balaban J connectivity index is 1.50. The van der Waals surface area contributed by atoms with E-state index in [1.807, 2.05) is 30.3 Å². The summed E-state index contributed by atoms with van der Waals surface area (Å²) in [5, 5.41) is 11.4. The first-order valence-electron chi connectivity index (χ1n) is 10.7. The lowest BCUT2D eigenvalue weighted by molar-refractivity contribution is -0.116. The average Bonchev–Trinajstić information content (AvgIpc) is 3.32. The number of halogens is 1. The molecule has 0 radical (unpaired) electrons. The number of nitrogens with zero attached hydrogens (tertiary/aromatic N) is 3. The van der Waals surface area contributed by atoms with Crippen molar-refractivity contribution in [2.75, 3.05) is 17.9 Å². The summed E-state index contributed by atoms with van der Waals surface area (Å²) in [5.74, 6) is -0.504. The van der Waals surface area contributed by atoms with Gasteiger partial charge >= 0.3 is 5.97 Å². The molecule has 0 saturated heterocycles. The summed E-state index contributed by atoms with van der Waals surface area (Å²) in [5.41, 5.74) is 5.92. The largest absolute Gasteiger partial charge is 0.465 e. The lowest BCUT2D eigenvalue weighted by Crippen LogP contribution is -2.41. The van der Waals surface area contributed by atoms with Gasteiger partial charge in [-0.3, -0.25) is 4.79 Å². The molecule has 1 amide bonds. The van der Waals surface area contributed by atoms with Crippen molar-refractivity contribution in [2.45, 2.75) is 16.4 Å². The topological polar surface area (TPSA) is 98.1 Å². The van der Waals surface area contributed by atoms with Crippen molar-refractivity contribution < 1.29 is 18.7 Å². The van der Waals surface area contributed by atoms with Gasteiger partial charge in [-0.2, -0.15) is 0 Å². The molecule has 0 aliphatic carbocycles. The van der Waals surface area contributed by atoms with Crippen molar-refractivity contribution in [3.8, 4) is 11.4 Å². The van der Waals surface area contributed by atoms with Gasteiger partial charge in [-0.1, -0.05) is 54.2 Å². The predicted octanol–water partition coefficient (Wildman–Crippen LogP) is 4.27. The number of nitrogens with one attached hydrogen (secondary N) is 2. The van der Waals surface area contributed by atoms with Crippen molar-refractivity contribution >= 4 is 29.3 Å². The summed E-state index contributed by atoms with van der Waals surface area (Å²) in [6, 6.07) is 21.6. The van der Waals surface area contributed by atoms with Crippen LogP contribution in [0.3, 0.4) is 0 Å². The van der Waals surface area contributed by atoms with Gasteiger partial charge in [0.2, 0.25) is 11.1 Å². The molecule has 1 aliphatic heterocycles. The zero-order valence-electron chi connectivity index (χ0n) is 18.5. The average molecular weight is 490 g/mol. The molecule has 4 aromatic rings. The van der Waals surface area contributed by atoms with Gasteiger partial charge in [0, 0.05) is 11.3 Å². The Morgan fingerprint density at radius 2 is 1.71 bits per heavy atom. The molecule has 176 valence electrons. The number of esters is 1. The Labute approximate surface area is 204 Å². The summed E-state index contributed by atoms with van der Waals surface area (Å²) in [6.45, 7) is 0. The fourth-order valence-corrected chi connectivity index (χ4v) is 4.85. The van der Waals surface area contributed by atoms with E-state index in [1.54, 1.807) is 28.9 Å². The monoisotopic (exact) mass is 489 g/mol. The molecule has 1 aromatic heterocycles. The van der Waals surface area contributed by atoms with E-state index in [2.05, 4.69) is 20.9 Å². The number of fused-ring (bicyclic) bond motifs is 1. The first-order chi connectivity index (χ1) is 17.0. The summed E-state index contributed by atoms with van der Waals surface area (Å²) in [6.07, 6.45) is 0. The normalized spacial score (nSPS) is 16.6. The molecule has 0 spiro atoms.